The number of hydrogen-bond donors (Lipinski definition) is 1. The molecule has 1 rings (SSSR count). The van der Waals surface area contributed by atoms with E-state index in [1.165, 1.54) is 5.69 Å². The van der Waals surface area contributed by atoms with Gasteiger partial charge in [0, 0.05) is 12.7 Å². The Morgan fingerprint density at radius 2 is 2.50 bits per heavy atom. The van der Waals surface area contributed by atoms with Crippen molar-refractivity contribution < 1.29 is 5.32 Å². The number of quaternary nitrogens is 1. The number of rotatable bonds is 3. The zero-order valence-electron chi connectivity index (χ0n) is 6.54. The highest BCUT2D eigenvalue weighted by atomic mass is 15.3. The SMILES string of the molecule is CCn1nccc1C[NH2+]C. The third-order valence-electron chi connectivity index (χ3n) is 1.52. The summed E-state index contributed by atoms with van der Waals surface area (Å²) in [5, 5.41) is 6.29. The number of aryl methyl sites for hydroxylation is 1. The van der Waals surface area contributed by atoms with E-state index in [2.05, 4.69) is 30.5 Å². The maximum atomic E-state index is 4.15. The third-order valence-corrected chi connectivity index (χ3v) is 1.52. The van der Waals surface area contributed by atoms with Gasteiger partial charge >= 0.3 is 0 Å². The van der Waals surface area contributed by atoms with Gasteiger partial charge in [-0.2, -0.15) is 5.10 Å². The molecule has 0 atom stereocenters. The topological polar surface area (TPSA) is 34.4 Å². The minimum atomic E-state index is 0.968. The highest BCUT2D eigenvalue weighted by Gasteiger charge is 1.98. The summed E-state index contributed by atoms with van der Waals surface area (Å²) in [7, 11) is 2.06. The molecule has 0 saturated heterocycles. The van der Waals surface area contributed by atoms with Gasteiger partial charge in [-0.05, 0) is 13.0 Å². The summed E-state index contributed by atoms with van der Waals surface area (Å²) in [6, 6.07) is 2.06. The molecule has 0 aliphatic heterocycles. The van der Waals surface area contributed by atoms with Crippen molar-refractivity contribution in [2.75, 3.05) is 7.05 Å². The second-order valence-electron chi connectivity index (χ2n) is 2.25. The summed E-state index contributed by atoms with van der Waals surface area (Å²) in [4.78, 5) is 0. The van der Waals surface area contributed by atoms with E-state index in [4.69, 9.17) is 0 Å². The van der Waals surface area contributed by atoms with E-state index in [0.717, 1.165) is 13.1 Å². The Kier molecular flexibility index (Phi) is 2.45. The molecule has 0 unspecified atom stereocenters. The molecule has 1 heterocycles. The maximum Gasteiger partial charge on any atom is 0.118 e. The van der Waals surface area contributed by atoms with E-state index in [-0.39, 0.29) is 0 Å². The fourth-order valence-corrected chi connectivity index (χ4v) is 1.03. The smallest absolute Gasteiger partial charge is 0.118 e. The van der Waals surface area contributed by atoms with E-state index in [0.29, 0.717) is 0 Å². The van der Waals surface area contributed by atoms with Gasteiger partial charge in [-0.1, -0.05) is 0 Å². The zero-order chi connectivity index (χ0) is 7.40. The number of aromatic nitrogens is 2. The molecule has 0 amide bonds. The van der Waals surface area contributed by atoms with Crippen molar-refractivity contribution >= 4 is 0 Å². The predicted molar refractivity (Wildman–Crippen MR) is 39.5 cm³/mol. The van der Waals surface area contributed by atoms with Crippen molar-refractivity contribution in [3.63, 3.8) is 0 Å². The summed E-state index contributed by atoms with van der Waals surface area (Å²) in [5.41, 5.74) is 1.30. The van der Waals surface area contributed by atoms with E-state index >= 15 is 0 Å². The first-order chi connectivity index (χ1) is 4.88. The van der Waals surface area contributed by atoms with E-state index < -0.39 is 0 Å². The zero-order valence-corrected chi connectivity index (χ0v) is 6.54. The first-order valence-corrected chi connectivity index (χ1v) is 3.67. The fraction of sp³-hybridized carbons (Fsp3) is 0.571. The van der Waals surface area contributed by atoms with Crippen LogP contribution in [0.1, 0.15) is 12.6 Å². The normalized spacial score (nSPS) is 10.2. The van der Waals surface area contributed by atoms with Crippen molar-refractivity contribution in [2.24, 2.45) is 0 Å². The Bertz CT molecular complexity index is 192. The average molecular weight is 140 g/mol. The van der Waals surface area contributed by atoms with E-state index in [9.17, 15) is 0 Å². The first kappa shape index (κ1) is 7.28. The van der Waals surface area contributed by atoms with Gasteiger partial charge in [-0.3, -0.25) is 4.68 Å². The van der Waals surface area contributed by atoms with Gasteiger partial charge in [0.15, 0.2) is 0 Å². The lowest BCUT2D eigenvalue weighted by Crippen LogP contribution is -2.78. The molecule has 0 aromatic carbocycles. The molecular formula is C7H14N3+. The van der Waals surface area contributed by atoms with Crippen molar-refractivity contribution in [3.8, 4) is 0 Å². The van der Waals surface area contributed by atoms with Gasteiger partial charge in [-0.25, -0.2) is 0 Å². The molecule has 0 saturated carbocycles. The van der Waals surface area contributed by atoms with Crippen LogP contribution >= 0.6 is 0 Å². The van der Waals surface area contributed by atoms with Crippen LogP contribution in [-0.2, 0) is 13.1 Å². The molecule has 0 radical (unpaired) electrons. The molecule has 10 heavy (non-hydrogen) atoms. The summed E-state index contributed by atoms with van der Waals surface area (Å²) >= 11 is 0. The Hall–Kier alpha value is -0.830. The minimum Gasteiger partial charge on any atom is -0.344 e. The predicted octanol–water partition coefficient (Wildman–Crippen LogP) is -0.404. The number of nitrogens with two attached hydrogens (primary N) is 1. The number of hydrogen-bond acceptors (Lipinski definition) is 1. The Morgan fingerprint density at radius 1 is 1.70 bits per heavy atom. The molecule has 0 aliphatic carbocycles. The molecule has 3 nitrogen and oxygen atoms in total. The molecule has 56 valence electrons. The van der Waals surface area contributed by atoms with Crippen LogP contribution in [0.2, 0.25) is 0 Å². The quantitative estimate of drug-likeness (QED) is 0.609. The highest BCUT2D eigenvalue weighted by Crippen LogP contribution is 1.94. The van der Waals surface area contributed by atoms with Gasteiger partial charge < -0.3 is 5.32 Å². The molecule has 2 N–H and O–H groups in total. The van der Waals surface area contributed by atoms with Crippen LogP contribution in [0.15, 0.2) is 12.3 Å². The van der Waals surface area contributed by atoms with Gasteiger partial charge in [0.2, 0.25) is 0 Å². The largest absolute Gasteiger partial charge is 0.344 e. The maximum absolute atomic E-state index is 4.15. The Labute approximate surface area is 61.0 Å². The Balaban J connectivity index is 2.70. The monoisotopic (exact) mass is 140 g/mol. The second kappa shape index (κ2) is 3.37. The van der Waals surface area contributed by atoms with Crippen LogP contribution < -0.4 is 5.32 Å². The van der Waals surface area contributed by atoms with Gasteiger partial charge in [0.1, 0.15) is 6.54 Å². The molecule has 1 aromatic heterocycles. The molecule has 1 aromatic rings. The van der Waals surface area contributed by atoms with E-state index in [1.807, 2.05) is 10.9 Å². The molecule has 0 spiro atoms. The fourth-order valence-electron chi connectivity index (χ4n) is 1.03. The standard InChI is InChI=1S/C7H13N3/c1-3-10-7(6-8-2)4-5-9-10/h4-5,8H,3,6H2,1-2H3/p+1. The van der Waals surface area contributed by atoms with Crippen molar-refractivity contribution in [3.05, 3.63) is 18.0 Å². The van der Waals surface area contributed by atoms with Crippen LogP contribution in [0.3, 0.4) is 0 Å². The summed E-state index contributed by atoms with van der Waals surface area (Å²) in [5.74, 6) is 0. The lowest BCUT2D eigenvalue weighted by atomic mass is 10.4. The van der Waals surface area contributed by atoms with Gasteiger partial charge in [0.25, 0.3) is 0 Å². The summed E-state index contributed by atoms with van der Waals surface area (Å²) in [6.45, 7) is 4.09. The Morgan fingerprint density at radius 3 is 3.10 bits per heavy atom. The van der Waals surface area contributed by atoms with Crippen LogP contribution in [0, 0.1) is 0 Å². The van der Waals surface area contributed by atoms with Gasteiger partial charge in [-0.15, -0.1) is 0 Å². The summed E-state index contributed by atoms with van der Waals surface area (Å²) in [6.07, 6.45) is 1.85. The van der Waals surface area contributed by atoms with Crippen molar-refractivity contribution in [1.29, 1.82) is 0 Å². The number of nitrogens with zero attached hydrogens (tertiary/aromatic N) is 2. The van der Waals surface area contributed by atoms with Crippen LogP contribution in [0.5, 0.6) is 0 Å². The third kappa shape index (κ3) is 1.36. The van der Waals surface area contributed by atoms with Gasteiger partial charge in [0.05, 0.1) is 12.7 Å². The summed E-state index contributed by atoms with van der Waals surface area (Å²) < 4.78 is 2.01. The second-order valence-corrected chi connectivity index (χ2v) is 2.25. The molecule has 0 aliphatic rings. The van der Waals surface area contributed by atoms with Crippen molar-refractivity contribution in [2.45, 2.75) is 20.0 Å². The molecule has 3 heteroatoms. The van der Waals surface area contributed by atoms with Crippen LogP contribution in [0.4, 0.5) is 0 Å². The highest BCUT2D eigenvalue weighted by molar-refractivity contribution is 4.97. The molecule has 0 fully saturated rings. The van der Waals surface area contributed by atoms with Crippen LogP contribution in [0.25, 0.3) is 0 Å². The molecular weight excluding hydrogens is 126 g/mol. The lowest BCUT2D eigenvalue weighted by molar-refractivity contribution is -0.644. The lowest BCUT2D eigenvalue weighted by Gasteiger charge is -1.99. The van der Waals surface area contributed by atoms with E-state index in [1.54, 1.807) is 0 Å². The average Bonchev–Trinajstić information content (AvgIpc) is 2.36. The first-order valence-electron chi connectivity index (χ1n) is 3.67. The minimum absolute atomic E-state index is 0.968. The molecule has 0 bridgehead atoms. The van der Waals surface area contributed by atoms with Crippen LogP contribution in [-0.4, -0.2) is 16.8 Å². The van der Waals surface area contributed by atoms with Crippen molar-refractivity contribution in [1.82, 2.24) is 9.78 Å².